The van der Waals surface area contributed by atoms with Gasteiger partial charge >= 0.3 is 6.36 Å². The Labute approximate surface area is 114 Å². The molecule has 1 saturated heterocycles. The van der Waals surface area contributed by atoms with Crippen LogP contribution in [-0.2, 0) is 4.79 Å². The predicted octanol–water partition coefficient (Wildman–Crippen LogP) is 2.52. The summed E-state index contributed by atoms with van der Waals surface area (Å²) in [5.74, 6) is -0.411. The lowest BCUT2D eigenvalue weighted by Crippen LogP contribution is -2.39. The lowest BCUT2D eigenvalue weighted by atomic mass is 10.0. The molecule has 7 heteroatoms. The Morgan fingerprint density at radius 2 is 2.20 bits per heavy atom. The molecule has 1 amide bonds. The predicted molar refractivity (Wildman–Crippen MR) is 67.3 cm³/mol. The van der Waals surface area contributed by atoms with Crippen LogP contribution >= 0.6 is 0 Å². The Morgan fingerprint density at radius 3 is 2.80 bits per heavy atom. The third kappa shape index (κ3) is 3.86. The van der Waals surface area contributed by atoms with Crippen molar-refractivity contribution in [1.29, 1.82) is 0 Å². The highest BCUT2D eigenvalue weighted by Crippen LogP contribution is 2.25. The molecule has 1 aliphatic heterocycles. The third-order valence-electron chi connectivity index (χ3n) is 3.15. The zero-order chi connectivity index (χ0) is 14.8. The number of carbonyl (C=O) groups excluding carboxylic acids is 1. The molecule has 1 aromatic carbocycles. The highest BCUT2D eigenvalue weighted by molar-refractivity contribution is 5.95. The van der Waals surface area contributed by atoms with Crippen molar-refractivity contribution < 1.29 is 22.7 Å². The van der Waals surface area contributed by atoms with Crippen LogP contribution in [0.15, 0.2) is 24.3 Å². The van der Waals surface area contributed by atoms with E-state index in [1.165, 1.54) is 18.2 Å². The molecule has 0 saturated carbocycles. The standard InChI is InChI=1S/C13H15F3N2O2/c1-8-5-6-17-11(8)12(19)18-9-3-2-4-10(7-9)20-13(14,15)16/h2-4,7-8,11,17H,5-6H2,1H3,(H,18,19)/t8-,11-/m0/s1. The zero-order valence-corrected chi connectivity index (χ0v) is 10.8. The van der Waals surface area contributed by atoms with Gasteiger partial charge in [0.05, 0.1) is 6.04 Å². The van der Waals surface area contributed by atoms with Crippen LogP contribution in [0.5, 0.6) is 5.75 Å². The number of halogens is 3. The fraction of sp³-hybridized carbons (Fsp3) is 0.462. The van der Waals surface area contributed by atoms with Crippen LogP contribution in [0.2, 0.25) is 0 Å². The highest BCUT2D eigenvalue weighted by Gasteiger charge is 2.31. The number of nitrogens with one attached hydrogen (secondary N) is 2. The van der Waals surface area contributed by atoms with Gasteiger partial charge in [-0.2, -0.15) is 0 Å². The molecule has 0 aliphatic carbocycles. The molecule has 1 heterocycles. The number of amides is 1. The summed E-state index contributed by atoms with van der Waals surface area (Å²) in [5, 5.41) is 5.65. The van der Waals surface area contributed by atoms with Gasteiger partial charge in [0.15, 0.2) is 0 Å². The summed E-state index contributed by atoms with van der Waals surface area (Å²) in [5.41, 5.74) is 0.276. The Balaban J connectivity index is 2.02. The SMILES string of the molecule is C[C@H]1CCN[C@@H]1C(=O)Nc1cccc(OC(F)(F)F)c1. The van der Waals surface area contributed by atoms with E-state index in [9.17, 15) is 18.0 Å². The molecule has 20 heavy (non-hydrogen) atoms. The first-order chi connectivity index (χ1) is 9.35. The topological polar surface area (TPSA) is 50.4 Å². The van der Waals surface area contributed by atoms with Crippen molar-refractivity contribution in [2.45, 2.75) is 25.7 Å². The minimum atomic E-state index is -4.75. The Kier molecular flexibility index (Phi) is 4.17. The number of hydrogen-bond acceptors (Lipinski definition) is 3. The fourth-order valence-corrected chi connectivity index (χ4v) is 2.18. The molecule has 110 valence electrons. The van der Waals surface area contributed by atoms with Crippen LogP contribution < -0.4 is 15.4 Å². The van der Waals surface area contributed by atoms with Crippen molar-refractivity contribution in [3.8, 4) is 5.75 Å². The minimum absolute atomic E-state index is 0.199. The summed E-state index contributed by atoms with van der Waals surface area (Å²) in [4.78, 5) is 12.0. The molecular weight excluding hydrogens is 273 g/mol. The second-order valence-corrected chi connectivity index (χ2v) is 4.76. The maximum atomic E-state index is 12.1. The molecule has 1 aliphatic rings. The quantitative estimate of drug-likeness (QED) is 0.898. The van der Waals surface area contributed by atoms with Gasteiger partial charge in [-0.25, -0.2) is 0 Å². The number of carbonyl (C=O) groups is 1. The molecule has 2 rings (SSSR count). The first-order valence-corrected chi connectivity index (χ1v) is 6.25. The number of anilines is 1. The van der Waals surface area contributed by atoms with Crippen molar-refractivity contribution >= 4 is 11.6 Å². The molecule has 2 N–H and O–H groups in total. The molecule has 0 spiro atoms. The van der Waals surface area contributed by atoms with E-state index in [4.69, 9.17) is 0 Å². The van der Waals surface area contributed by atoms with E-state index in [2.05, 4.69) is 15.4 Å². The zero-order valence-electron chi connectivity index (χ0n) is 10.8. The average molecular weight is 288 g/mol. The first kappa shape index (κ1) is 14.6. The van der Waals surface area contributed by atoms with E-state index < -0.39 is 6.36 Å². The monoisotopic (exact) mass is 288 g/mol. The van der Waals surface area contributed by atoms with E-state index in [0.29, 0.717) is 0 Å². The Morgan fingerprint density at radius 1 is 1.45 bits per heavy atom. The second kappa shape index (κ2) is 5.70. The van der Waals surface area contributed by atoms with Crippen LogP contribution in [0.4, 0.5) is 18.9 Å². The van der Waals surface area contributed by atoms with Gasteiger partial charge < -0.3 is 15.4 Å². The third-order valence-corrected chi connectivity index (χ3v) is 3.15. The molecular formula is C13H15F3N2O2. The lowest BCUT2D eigenvalue weighted by molar-refractivity contribution is -0.274. The number of alkyl halides is 3. The Hall–Kier alpha value is -1.76. The van der Waals surface area contributed by atoms with Crippen LogP contribution in [0.3, 0.4) is 0 Å². The summed E-state index contributed by atoms with van der Waals surface area (Å²) in [6.45, 7) is 2.71. The van der Waals surface area contributed by atoms with E-state index >= 15 is 0 Å². The molecule has 2 atom stereocenters. The van der Waals surface area contributed by atoms with Crippen molar-refractivity contribution in [1.82, 2.24) is 5.32 Å². The van der Waals surface area contributed by atoms with Gasteiger partial charge in [0.1, 0.15) is 5.75 Å². The van der Waals surface area contributed by atoms with Crippen molar-refractivity contribution in [2.24, 2.45) is 5.92 Å². The van der Waals surface area contributed by atoms with Gasteiger partial charge in [-0.05, 0) is 31.0 Å². The summed E-state index contributed by atoms with van der Waals surface area (Å²) in [7, 11) is 0. The van der Waals surface area contributed by atoms with Gasteiger partial charge in [-0.3, -0.25) is 4.79 Å². The van der Waals surface area contributed by atoms with Crippen LogP contribution in [0, 0.1) is 5.92 Å². The molecule has 0 aromatic heterocycles. The van der Waals surface area contributed by atoms with Gasteiger partial charge in [0.2, 0.25) is 5.91 Å². The fourth-order valence-electron chi connectivity index (χ4n) is 2.18. The van der Waals surface area contributed by atoms with Gasteiger partial charge in [-0.1, -0.05) is 13.0 Å². The molecule has 0 unspecified atom stereocenters. The molecule has 0 bridgehead atoms. The van der Waals surface area contributed by atoms with E-state index in [1.54, 1.807) is 0 Å². The first-order valence-electron chi connectivity index (χ1n) is 6.25. The molecule has 1 aromatic rings. The molecule has 0 radical (unpaired) electrons. The summed E-state index contributed by atoms with van der Waals surface area (Å²) < 4.78 is 40.1. The van der Waals surface area contributed by atoms with Crippen molar-refractivity contribution in [3.05, 3.63) is 24.3 Å². The second-order valence-electron chi connectivity index (χ2n) is 4.76. The lowest BCUT2D eigenvalue weighted by Gasteiger charge is -2.16. The van der Waals surface area contributed by atoms with Crippen LogP contribution in [0.25, 0.3) is 0 Å². The average Bonchev–Trinajstić information content (AvgIpc) is 2.73. The number of benzene rings is 1. The summed E-state index contributed by atoms with van der Waals surface area (Å²) in [6, 6.07) is 4.91. The number of hydrogen-bond donors (Lipinski definition) is 2. The normalized spacial score (nSPS) is 22.6. The maximum Gasteiger partial charge on any atom is 0.573 e. The minimum Gasteiger partial charge on any atom is -0.406 e. The van der Waals surface area contributed by atoms with Gasteiger partial charge in [0, 0.05) is 11.8 Å². The smallest absolute Gasteiger partial charge is 0.406 e. The number of rotatable bonds is 3. The Bertz CT molecular complexity index is 491. The van der Waals surface area contributed by atoms with Crippen LogP contribution in [-0.4, -0.2) is 24.9 Å². The van der Waals surface area contributed by atoms with E-state index in [0.717, 1.165) is 19.0 Å². The summed E-state index contributed by atoms with van der Waals surface area (Å²) >= 11 is 0. The molecule has 4 nitrogen and oxygen atoms in total. The van der Waals surface area contributed by atoms with Crippen molar-refractivity contribution in [2.75, 3.05) is 11.9 Å². The largest absolute Gasteiger partial charge is 0.573 e. The van der Waals surface area contributed by atoms with Gasteiger partial charge in [0.25, 0.3) is 0 Å². The van der Waals surface area contributed by atoms with E-state index in [-0.39, 0.29) is 29.3 Å². The highest BCUT2D eigenvalue weighted by atomic mass is 19.4. The van der Waals surface area contributed by atoms with E-state index in [1.807, 2.05) is 6.92 Å². The maximum absolute atomic E-state index is 12.1. The molecule has 1 fully saturated rings. The van der Waals surface area contributed by atoms with Gasteiger partial charge in [-0.15, -0.1) is 13.2 Å². The van der Waals surface area contributed by atoms with Crippen molar-refractivity contribution in [3.63, 3.8) is 0 Å². The number of ether oxygens (including phenoxy) is 1. The summed E-state index contributed by atoms with van der Waals surface area (Å²) in [6.07, 6.45) is -3.85. The van der Waals surface area contributed by atoms with Crippen LogP contribution in [0.1, 0.15) is 13.3 Å².